The average molecular weight is 402 g/mol. The van der Waals surface area contributed by atoms with Crippen LogP contribution in [0.25, 0.3) is 0 Å². The summed E-state index contributed by atoms with van der Waals surface area (Å²) in [7, 11) is 4.06. The first-order chi connectivity index (χ1) is 14.2. The van der Waals surface area contributed by atoms with Crippen LogP contribution in [0.3, 0.4) is 0 Å². The molecule has 0 amide bonds. The van der Waals surface area contributed by atoms with E-state index in [1.165, 1.54) is 45.2 Å². The lowest BCUT2D eigenvalue weighted by Gasteiger charge is -2.50. The molecule has 2 heterocycles. The van der Waals surface area contributed by atoms with Crippen molar-refractivity contribution in [1.29, 1.82) is 0 Å². The summed E-state index contributed by atoms with van der Waals surface area (Å²) >= 11 is 0. The van der Waals surface area contributed by atoms with E-state index >= 15 is 0 Å². The van der Waals surface area contributed by atoms with Crippen LogP contribution in [0.1, 0.15) is 43.6 Å². The van der Waals surface area contributed by atoms with Gasteiger partial charge in [0.2, 0.25) is 0 Å². The van der Waals surface area contributed by atoms with Crippen LogP contribution in [0.15, 0.2) is 35.3 Å². The van der Waals surface area contributed by atoms with E-state index in [4.69, 9.17) is 0 Å². The molecule has 0 spiro atoms. The Kier molecular flexibility index (Phi) is 8.33. The molecule has 0 bridgehead atoms. The maximum absolute atomic E-state index is 9.82. The summed E-state index contributed by atoms with van der Waals surface area (Å²) < 4.78 is 0. The summed E-state index contributed by atoms with van der Waals surface area (Å²) in [6.07, 6.45) is 6.42. The summed E-state index contributed by atoms with van der Waals surface area (Å²) in [5, 5.41) is 16.9. The minimum absolute atomic E-state index is 0.0640. The second-order valence-corrected chi connectivity index (χ2v) is 8.67. The van der Waals surface area contributed by atoms with Crippen molar-refractivity contribution in [2.45, 2.75) is 43.6 Å². The van der Waals surface area contributed by atoms with Gasteiger partial charge >= 0.3 is 0 Å². The molecule has 1 atom stereocenters. The molecule has 0 aliphatic carbocycles. The largest absolute Gasteiger partial charge is 0.396 e. The van der Waals surface area contributed by atoms with E-state index in [0.717, 1.165) is 31.2 Å². The fourth-order valence-corrected chi connectivity index (χ4v) is 4.71. The van der Waals surface area contributed by atoms with Gasteiger partial charge in [-0.25, -0.2) is 0 Å². The molecule has 0 radical (unpaired) electrons. The van der Waals surface area contributed by atoms with E-state index in [0.29, 0.717) is 6.54 Å². The average Bonchev–Trinajstić information content (AvgIpc) is 2.79. The molecular weight excluding hydrogens is 362 g/mol. The molecule has 1 aromatic carbocycles. The maximum atomic E-state index is 9.82. The Labute approximate surface area is 176 Å². The molecule has 2 fully saturated rings. The van der Waals surface area contributed by atoms with Gasteiger partial charge in [-0.05, 0) is 64.5 Å². The van der Waals surface area contributed by atoms with E-state index in [1.54, 1.807) is 0 Å². The van der Waals surface area contributed by atoms with Crippen LogP contribution in [0.2, 0.25) is 0 Å². The Balaban J connectivity index is 1.58. The van der Waals surface area contributed by atoms with E-state index in [9.17, 15) is 5.11 Å². The smallest absolute Gasteiger partial charge is 0.191 e. The third kappa shape index (κ3) is 5.93. The lowest BCUT2D eigenvalue weighted by Crippen LogP contribution is -2.62. The molecule has 29 heavy (non-hydrogen) atoms. The molecule has 6 heteroatoms. The van der Waals surface area contributed by atoms with Crippen molar-refractivity contribution in [3.8, 4) is 0 Å². The molecule has 0 aromatic heterocycles. The lowest BCUT2D eigenvalue weighted by atomic mass is 9.84. The Hall–Kier alpha value is -1.63. The molecular formula is C23H39N5O. The zero-order valence-electron chi connectivity index (χ0n) is 18.2. The van der Waals surface area contributed by atoms with Gasteiger partial charge in [0.15, 0.2) is 5.96 Å². The van der Waals surface area contributed by atoms with Gasteiger partial charge in [-0.2, -0.15) is 0 Å². The van der Waals surface area contributed by atoms with Crippen molar-refractivity contribution in [3.05, 3.63) is 35.9 Å². The third-order valence-electron chi connectivity index (χ3n) is 6.76. The van der Waals surface area contributed by atoms with Crippen LogP contribution in [-0.4, -0.2) is 86.4 Å². The summed E-state index contributed by atoms with van der Waals surface area (Å²) in [5.74, 6) is 0.892. The van der Waals surface area contributed by atoms with Gasteiger partial charge < -0.3 is 20.6 Å². The number of aliphatic imine (C=N–C) groups is 1. The van der Waals surface area contributed by atoms with Gasteiger partial charge in [0.25, 0.3) is 0 Å². The Morgan fingerprint density at radius 1 is 1.07 bits per heavy atom. The number of rotatable bonds is 7. The van der Waals surface area contributed by atoms with Crippen molar-refractivity contribution in [2.24, 2.45) is 4.99 Å². The Morgan fingerprint density at radius 3 is 2.38 bits per heavy atom. The highest BCUT2D eigenvalue weighted by Crippen LogP contribution is 2.30. The SMILES string of the molecule is CN=C(NCC(CO)c1ccccc1)NCC1(N2CCCCC2)CCN(C)CC1. The third-order valence-corrected chi connectivity index (χ3v) is 6.76. The maximum Gasteiger partial charge on any atom is 0.191 e. The summed E-state index contributed by atoms with van der Waals surface area (Å²) in [5.41, 5.74) is 1.37. The number of guanidine groups is 1. The zero-order chi connectivity index (χ0) is 20.5. The van der Waals surface area contributed by atoms with Gasteiger partial charge in [-0.1, -0.05) is 36.8 Å². The van der Waals surface area contributed by atoms with Gasteiger partial charge in [0.05, 0.1) is 6.61 Å². The zero-order valence-corrected chi connectivity index (χ0v) is 18.2. The quantitative estimate of drug-likeness (QED) is 0.481. The van der Waals surface area contributed by atoms with Crippen molar-refractivity contribution in [1.82, 2.24) is 20.4 Å². The predicted octanol–water partition coefficient (Wildman–Crippen LogP) is 1.88. The fraction of sp³-hybridized carbons (Fsp3) is 0.696. The highest BCUT2D eigenvalue weighted by molar-refractivity contribution is 5.79. The molecule has 3 rings (SSSR count). The molecule has 3 N–H and O–H groups in total. The van der Waals surface area contributed by atoms with Crippen LogP contribution in [-0.2, 0) is 0 Å². The summed E-state index contributed by atoms with van der Waals surface area (Å²) in [4.78, 5) is 9.63. The minimum Gasteiger partial charge on any atom is -0.396 e. The first-order valence-electron chi connectivity index (χ1n) is 11.2. The van der Waals surface area contributed by atoms with Gasteiger partial charge in [0.1, 0.15) is 0 Å². The number of piperidine rings is 2. The lowest BCUT2D eigenvalue weighted by molar-refractivity contribution is 0.0173. The van der Waals surface area contributed by atoms with Crippen LogP contribution >= 0.6 is 0 Å². The van der Waals surface area contributed by atoms with Gasteiger partial charge in [-0.15, -0.1) is 0 Å². The van der Waals surface area contributed by atoms with E-state index in [-0.39, 0.29) is 18.1 Å². The number of aliphatic hydroxyl groups is 1. The monoisotopic (exact) mass is 401 g/mol. The van der Waals surface area contributed by atoms with Crippen LogP contribution in [0.4, 0.5) is 0 Å². The molecule has 6 nitrogen and oxygen atoms in total. The van der Waals surface area contributed by atoms with Crippen LogP contribution in [0, 0.1) is 0 Å². The highest BCUT2D eigenvalue weighted by atomic mass is 16.3. The molecule has 2 saturated heterocycles. The molecule has 162 valence electrons. The second-order valence-electron chi connectivity index (χ2n) is 8.67. The van der Waals surface area contributed by atoms with Gasteiger partial charge in [0, 0.05) is 31.6 Å². The number of aliphatic hydroxyl groups excluding tert-OH is 1. The Morgan fingerprint density at radius 2 is 1.76 bits per heavy atom. The molecule has 1 aromatic rings. The van der Waals surface area contributed by atoms with E-state index < -0.39 is 0 Å². The molecule has 2 aliphatic heterocycles. The molecule has 1 unspecified atom stereocenters. The number of benzene rings is 1. The molecule has 2 aliphatic rings. The standard InChI is InChI=1S/C23H39N5O/c1-24-22(25-17-21(18-29)20-9-5-3-6-10-20)26-19-23(11-15-27(2)16-12-23)28-13-7-4-8-14-28/h3,5-6,9-10,21,29H,4,7-8,11-19H2,1-2H3,(H2,24,25,26). The fourth-order valence-electron chi connectivity index (χ4n) is 4.71. The normalized spacial score (nSPS) is 22.2. The second kappa shape index (κ2) is 11.0. The van der Waals surface area contributed by atoms with Crippen molar-refractivity contribution < 1.29 is 5.11 Å². The number of nitrogens with zero attached hydrogens (tertiary/aromatic N) is 3. The van der Waals surface area contributed by atoms with Crippen molar-refractivity contribution in [3.63, 3.8) is 0 Å². The number of hydrogen-bond acceptors (Lipinski definition) is 4. The first kappa shape index (κ1) is 22.1. The van der Waals surface area contributed by atoms with Gasteiger partial charge in [-0.3, -0.25) is 9.89 Å². The van der Waals surface area contributed by atoms with Crippen LogP contribution in [0.5, 0.6) is 0 Å². The predicted molar refractivity (Wildman–Crippen MR) is 121 cm³/mol. The van der Waals surface area contributed by atoms with Crippen LogP contribution < -0.4 is 10.6 Å². The highest BCUT2D eigenvalue weighted by Gasteiger charge is 2.39. The molecule has 0 saturated carbocycles. The van der Waals surface area contributed by atoms with Crippen molar-refractivity contribution >= 4 is 5.96 Å². The van der Waals surface area contributed by atoms with E-state index in [1.807, 2.05) is 25.2 Å². The van der Waals surface area contributed by atoms with E-state index in [2.05, 4.69) is 44.6 Å². The first-order valence-corrected chi connectivity index (χ1v) is 11.2. The number of nitrogens with one attached hydrogen (secondary N) is 2. The summed E-state index contributed by atoms with van der Waals surface area (Å²) in [6, 6.07) is 10.2. The van der Waals surface area contributed by atoms with Crippen molar-refractivity contribution in [2.75, 3.05) is 60.0 Å². The number of likely N-dealkylation sites (tertiary alicyclic amines) is 2. The topological polar surface area (TPSA) is 63.1 Å². The minimum atomic E-state index is 0.0640. The Bertz CT molecular complexity index is 621. The number of hydrogen-bond donors (Lipinski definition) is 3. The summed E-state index contributed by atoms with van der Waals surface area (Å²) in [6.45, 7) is 6.47.